The van der Waals surface area contributed by atoms with E-state index in [9.17, 15) is 4.79 Å². The lowest BCUT2D eigenvalue weighted by Crippen LogP contribution is -2.16. The van der Waals surface area contributed by atoms with Crippen LogP contribution in [0.3, 0.4) is 0 Å². The van der Waals surface area contributed by atoms with Crippen LogP contribution in [-0.2, 0) is 24.0 Å². The van der Waals surface area contributed by atoms with Crippen molar-refractivity contribution in [3.05, 3.63) is 71.0 Å². The number of hydrogen-bond donors (Lipinski definition) is 1. The molecule has 1 N–H and O–H groups in total. The van der Waals surface area contributed by atoms with E-state index in [1.165, 1.54) is 11.8 Å². The van der Waals surface area contributed by atoms with E-state index >= 15 is 0 Å². The molecule has 7 heteroatoms. The number of para-hydroxylation sites is 1. The Morgan fingerprint density at radius 1 is 1.12 bits per heavy atom. The van der Waals surface area contributed by atoms with Crippen molar-refractivity contribution < 1.29 is 4.79 Å². The molecule has 128 valence electrons. The van der Waals surface area contributed by atoms with E-state index in [-0.39, 0.29) is 12.3 Å². The molecule has 0 radical (unpaired) electrons. The third-order valence-corrected chi connectivity index (χ3v) is 5.05. The summed E-state index contributed by atoms with van der Waals surface area (Å²) in [5, 5.41) is 12.6. The summed E-state index contributed by atoms with van der Waals surface area (Å²) in [4.78, 5) is 12.2. The van der Waals surface area contributed by atoms with Crippen LogP contribution in [0.25, 0.3) is 0 Å². The highest BCUT2D eigenvalue weighted by atomic mass is 35.5. The molecule has 1 amide bonds. The first kappa shape index (κ1) is 17.5. The molecule has 0 aliphatic heterocycles. The number of benzene rings is 2. The summed E-state index contributed by atoms with van der Waals surface area (Å²) in [6.07, 6.45) is 0.172. The fourth-order valence-electron chi connectivity index (χ4n) is 2.25. The minimum absolute atomic E-state index is 0.121. The Balaban J connectivity index is 1.61. The van der Waals surface area contributed by atoms with Crippen LogP contribution in [0.1, 0.15) is 11.4 Å². The number of carbonyl (C=O) groups excluding carboxylic acids is 1. The standard InChI is InChI=1S/C18H17ClN4OS/c1-23-16(11-17(24)20-14-8-3-2-4-9-14)21-22-18(23)25-12-13-7-5-6-10-15(13)19/h2-10H,11-12H2,1H3,(H,20,24). The van der Waals surface area contributed by atoms with Crippen molar-refractivity contribution in [1.29, 1.82) is 0 Å². The van der Waals surface area contributed by atoms with Crippen molar-refractivity contribution in [2.45, 2.75) is 17.3 Å². The molecule has 0 unspecified atom stereocenters. The molecule has 1 heterocycles. The minimum Gasteiger partial charge on any atom is -0.326 e. The fraction of sp³-hybridized carbons (Fsp3) is 0.167. The molecule has 0 atom stereocenters. The van der Waals surface area contributed by atoms with E-state index in [1.54, 1.807) is 0 Å². The average molecular weight is 373 g/mol. The number of aromatic nitrogens is 3. The number of anilines is 1. The average Bonchev–Trinajstić information content (AvgIpc) is 2.95. The maximum Gasteiger partial charge on any atom is 0.232 e. The number of halogens is 1. The van der Waals surface area contributed by atoms with Gasteiger partial charge in [0.2, 0.25) is 5.91 Å². The predicted molar refractivity (Wildman–Crippen MR) is 101 cm³/mol. The van der Waals surface area contributed by atoms with Crippen molar-refractivity contribution in [2.24, 2.45) is 7.05 Å². The van der Waals surface area contributed by atoms with Gasteiger partial charge in [0, 0.05) is 23.5 Å². The Morgan fingerprint density at radius 2 is 1.84 bits per heavy atom. The summed E-state index contributed by atoms with van der Waals surface area (Å²) in [7, 11) is 1.86. The number of nitrogens with one attached hydrogen (secondary N) is 1. The highest BCUT2D eigenvalue weighted by Crippen LogP contribution is 2.25. The molecular formula is C18H17ClN4OS. The Kier molecular flexibility index (Phi) is 5.73. The molecule has 2 aromatic carbocycles. The Morgan fingerprint density at radius 3 is 2.60 bits per heavy atom. The molecule has 0 bridgehead atoms. The summed E-state index contributed by atoms with van der Waals surface area (Å²) in [6, 6.07) is 17.1. The third kappa shape index (κ3) is 4.61. The zero-order valence-electron chi connectivity index (χ0n) is 13.6. The second-order valence-corrected chi connectivity index (χ2v) is 6.78. The molecule has 3 rings (SSSR count). The van der Waals surface area contributed by atoms with Gasteiger partial charge in [-0.25, -0.2) is 0 Å². The lowest BCUT2D eigenvalue weighted by Gasteiger charge is -2.06. The van der Waals surface area contributed by atoms with Gasteiger partial charge < -0.3 is 9.88 Å². The lowest BCUT2D eigenvalue weighted by atomic mass is 10.2. The quantitative estimate of drug-likeness (QED) is 0.666. The maximum atomic E-state index is 12.2. The van der Waals surface area contributed by atoms with Crippen LogP contribution in [0.2, 0.25) is 5.02 Å². The van der Waals surface area contributed by atoms with Crippen LogP contribution in [-0.4, -0.2) is 20.7 Å². The van der Waals surface area contributed by atoms with Gasteiger partial charge in [-0.2, -0.15) is 0 Å². The second kappa shape index (κ2) is 8.18. The van der Waals surface area contributed by atoms with Crippen LogP contribution in [0, 0.1) is 0 Å². The summed E-state index contributed by atoms with van der Waals surface area (Å²) in [5.74, 6) is 1.20. The summed E-state index contributed by atoms with van der Waals surface area (Å²) >= 11 is 7.71. The van der Waals surface area contributed by atoms with E-state index in [0.717, 1.165) is 21.4 Å². The van der Waals surface area contributed by atoms with Gasteiger partial charge in [-0.15, -0.1) is 10.2 Å². The number of rotatable bonds is 6. The molecule has 0 aliphatic rings. The third-order valence-electron chi connectivity index (χ3n) is 3.62. The van der Waals surface area contributed by atoms with Crippen molar-refractivity contribution in [3.63, 3.8) is 0 Å². The zero-order chi connectivity index (χ0) is 17.6. The number of amides is 1. The number of carbonyl (C=O) groups is 1. The van der Waals surface area contributed by atoms with Gasteiger partial charge in [-0.3, -0.25) is 4.79 Å². The van der Waals surface area contributed by atoms with E-state index in [2.05, 4.69) is 15.5 Å². The smallest absolute Gasteiger partial charge is 0.232 e. The first-order valence-corrected chi connectivity index (χ1v) is 9.09. The van der Waals surface area contributed by atoms with Gasteiger partial charge in [-0.05, 0) is 23.8 Å². The summed E-state index contributed by atoms with van der Waals surface area (Å²) < 4.78 is 1.84. The molecule has 0 saturated carbocycles. The summed E-state index contributed by atoms with van der Waals surface area (Å²) in [5.41, 5.74) is 1.81. The second-order valence-electron chi connectivity index (χ2n) is 5.43. The normalized spacial score (nSPS) is 10.6. The van der Waals surface area contributed by atoms with E-state index in [4.69, 9.17) is 11.6 Å². The Labute approximate surface area is 155 Å². The SMILES string of the molecule is Cn1c(CC(=O)Nc2ccccc2)nnc1SCc1ccccc1Cl. The van der Waals surface area contributed by atoms with Crippen molar-refractivity contribution in [3.8, 4) is 0 Å². The molecular weight excluding hydrogens is 356 g/mol. The molecule has 1 aromatic heterocycles. The first-order valence-electron chi connectivity index (χ1n) is 7.73. The highest BCUT2D eigenvalue weighted by molar-refractivity contribution is 7.98. The highest BCUT2D eigenvalue weighted by Gasteiger charge is 2.13. The Hall–Kier alpha value is -2.31. The molecule has 0 saturated heterocycles. The zero-order valence-corrected chi connectivity index (χ0v) is 15.2. The van der Waals surface area contributed by atoms with E-state index in [1.807, 2.05) is 66.2 Å². The molecule has 5 nitrogen and oxygen atoms in total. The topological polar surface area (TPSA) is 59.8 Å². The predicted octanol–water partition coefficient (Wildman–Crippen LogP) is 3.94. The summed E-state index contributed by atoms with van der Waals surface area (Å²) in [6.45, 7) is 0. The van der Waals surface area contributed by atoms with Gasteiger partial charge in [0.05, 0.1) is 6.42 Å². The van der Waals surface area contributed by atoms with Gasteiger partial charge in [0.1, 0.15) is 5.82 Å². The van der Waals surface area contributed by atoms with Gasteiger partial charge in [-0.1, -0.05) is 59.8 Å². The number of thioether (sulfide) groups is 1. The van der Waals surface area contributed by atoms with Crippen molar-refractivity contribution in [1.82, 2.24) is 14.8 Å². The lowest BCUT2D eigenvalue weighted by molar-refractivity contribution is -0.115. The van der Waals surface area contributed by atoms with Crippen LogP contribution in [0.5, 0.6) is 0 Å². The van der Waals surface area contributed by atoms with E-state index in [0.29, 0.717) is 11.6 Å². The molecule has 0 aliphatic carbocycles. The Bertz CT molecular complexity index is 867. The van der Waals surface area contributed by atoms with Crippen molar-refractivity contribution in [2.75, 3.05) is 5.32 Å². The molecule has 3 aromatic rings. The van der Waals surface area contributed by atoms with Crippen LogP contribution in [0.15, 0.2) is 59.8 Å². The monoisotopic (exact) mass is 372 g/mol. The first-order chi connectivity index (χ1) is 12.1. The largest absolute Gasteiger partial charge is 0.326 e. The number of hydrogen-bond acceptors (Lipinski definition) is 4. The minimum atomic E-state index is -0.121. The van der Waals surface area contributed by atoms with Gasteiger partial charge in [0.15, 0.2) is 5.16 Å². The molecule has 0 fully saturated rings. The van der Waals surface area contributed by atoms with Gasteiger partial charge in [0.25, 0.3) is 0 Å². The fourth-order valence-corrected chi connectivity index (χ4v) is 3.47. The molecule has 25 heavy (non-hydrogen) atoms. The van der Waals surface area contributed by atoms with Gasteiger partial charge >= 0.3 is 0 Å². The number of nitrogens with zero attached hydrogens (tertiary/aromatic N) is 3. The van der Waals surface area contributed by atoms with Crippen molar-refractivity contribution >= 4 is 35.0 Å². The van der Waals surface area contributed by atoms with Crippen LogP contribution in [0.4, 0.5) is 5.69 Å². The van der Waals surface area contributed by atoms with Crippen LogP contribution < -0.4 is 5.32 Å². The maximum absolute atomic E-state index is 12.2. The van der Waals surface area contributed by atoms with E-state index < -0.39 is 0 Å². The van der Waals surface area contributed by atoms with Crippen LogP contribution >= 0.6 is 23.4 Å². The molecule has 0 spiro atoms.